The number of benzene rings is 1. The Kier molecular flexibility index (Phi) is 3.55. The van der Waals surface area contributed by atoms with Gasteiger partial charge in [-0.2, -0.15) is 0 Å². The van der Waals surface area contributed by atoms with Crippen LogP contribution in [0.25, 0.3) is 0 Å². The fourth-order valence-electron chi connectivity index (χ4n) is 0.816. The Morgan fingerprint density at radius 1 is 1.38 bits per heavy atom. The van der Waals surface area contributed by atoms with Crippen LogP contribution in [0.5, 0.6) is 5.75 Å². The number of rotatable bonds is 3. The summed E-state index contributed by atoms with van der Waals surface area (Å²) in [4.78, 5) is 0. The van der Waals surface area contributed by atoms with Crippen LogP contribution >= 0.6 is 22.6 Å². The van der Waals surface area contributed by atoms with Crippen LogP contribution < -0.4 is 4.74 Å². The number of halogens is 1. The van der Waals surface area contributed by atoms with Crippen LogP contribution in [-0.4, -0.2) is 17.3 Å². The van der Waals surface area contributed by atoms with Gasteiger partial charge in [-0.1, -0.05) is 12.1 Å². The summed E-state index contributed by atoms with van der Waals surface area (Å²) in [6.45, 7) is 3.76. The van der Waals surface area contributed by atoms with Crippen LogP contribution in [0.15, 0.2) is 24.3 Å². The molecule has 0 radical (unpaired) electrons. The number of hydrogen-bond donors (Lipinski definition) is 1. The molecule has 0 saturated carbocycles. The van der Waals surface area contributed by atoms with Crippen molar-refractivity contribution in [3.05, 3.63) is 27.8 Å². The molecule has 1 aromatic rings. The van der Waals surface area contributed by atoms with E-state index in [9.17, 15) is 5.11 Å². The molecule has 0 fully saturated rings. The largest absolute Gasteiger partial charge is 0.490 e. The maximum absolute atomic E-state index is 9.44. The molecule has 0 heterocycles. The van der Waals surface area contributed by atoms with Crippen LogP contribution in [0.2, 0.25) is 0 Å². The van der Waals surface area contributed by atoms with Crippen LogP contribution in [0.1, 0.15) is 13.8 Å². The van der Waals surface area contributed by atoms with Gasteiger partial charge in [-0.25, -0.2) is 0 Å². The minimum atomic E-state index is -0.779. The van der Waals surface area contributed by atoms with Gasteiger partial charge < -0.3 is 9.84 Å². The molecule has 13 heavy (non-hydrogen) atoms. The summed E-state index contributed by atoms with van der Waals surface area (Å²) in [5.74, 6) is 0.824. The average Bonchev–Trinajstić information content (AvgIpc) is 2.01. The molecule has 2 nitrogen and oxygen atoms in total. The van der Waals surface area contributed by atoms with Gasteiger partial charge >= 0.3 is 0 Å². The zero-order valence-electron chi connectivity index (χ0n) is 7.75. The van der Waals surface area contributed by atoms with E-state index in [1.807, 2.05) is 24.3 Å². The third-order valence-corrected chi connectivity index (χ3v) is 2.31. The maximum Gasteiger partial charge on any atom is 0.132 e. The first-order valence-electron chi connectivity index (χ1n) is 4.09. The van der Waals surface area contributed by atoms with E-state index in [0.29, 0.717) is 6.61 Å². The highest BCUT2D eigenvalue weighted by Crippen LogP contribution is 2.20. The normalized spacial score (nSPS) is 11.4. The first kappa shape index (κ1) is 10.8. The van der Waals surface area contributed by atoms with E-state index in [0.717, 1.165) is 9.32 Å². The van der Waals surface area contributed by atoms with E-state index >= 15 is 0 Å². The van der Waals surface area contributed by atoms with Crippen LogP contribution in [-0.2, 0) is 0 Å². The van der Waals surface area contributed by atoms with Gasteiger partial charge in [0.05, 0.1) is 9.17 Å². The summed E-state index contributed by atoms with van der Waals surface area (Å²) >= 11 is 2.21. The molecule has 3 heteroatoms. The van der Waals surface area contributed by atoms with Crippen molar-refractivity contribution < 1.29 is 9.84 Å². The van der Waals surface area contributed by atoms with Gasteiger partial charge in [0.15, 0.2) is 0 Å². The first-order chi connectivity index (χ1) is 5.99. The molecule has 0 bridgehead atoms. The van der Waals surface area contributed by atoms with Crippen molar-refractivity contribution in [2.75, 3.05) is 6.61 Å². The standard InChI is InChI=1S/C10H13IO2/c1-10(2,12)7-13-9-6-4-3-5-8(9)11/h3-6,12H,7H2,1-2H3. The zero-order valence-corrected chi connectivity index (χ0v) is 9.91. The quantitative estimate of drug-likeness (QED) is 0.867. The molecule has 0 aliphatic carbocycles. The predicted octanol–water partition coefficient (Wildman–Crippen LogP) is 2.44. The number of para-hydroxylation sites is 1. The van der Waals surface area contributed by atoms with Gasteiger partial charge in [-0.15, -0.1) is 0 Å². The predicted molar refractivity (Wildman–Crippen MR) is 61.0 cm³/mol. The second-order valence-electron chi connectivity index (χ2n) is 3.53. The molecular weight excluding hydrogens is 279 g/mol. The lowest BCUT2D eigenvalue weighted by molar-refractivity contribution is 0.0282. The first-order valence-corrected chi connectivity index (χ1v) is 5.17. The van der Waals surface area contributed by atoms with Crippen molar-refractivity contribution in [3.63, 3.8) is 0 Å². The highest BCUT2D eigenvalue weighted by molar-refractivity contribution is 14.1. The van der Waals surface area contributed by atoms with Crippen molar-refractivity contribution in [2.45, 2.75) is 19.4 Å². The molecule has 0 saturated heterocycles. The van der Waals surface area contributed by atoms with Crippen molar-refractivity contribution in [1.82, 2.24) is 0 Å². The molecule has 1 aromatic carbocycles. The van der Waals surface area contributed by atoms with E-state index in [1.165, 1.54) is 0 Å². The van der Waals surface area contributed by atoms with Crippen LogP contribution in [0, 0.1) is 3.57 Å². The summed E-state index contributed by atoms with van der Waals surface area (Å²) < 4.78 is 6.50. The fraction of sp³-hybridized carbons (Fsp3) is 0.400. The number of hydrogen-bond acceptors (Lipinski definition) is 2. The highest BCUT2D eigenvalue weighted by atomic mass is 127. The van der Waals surface area contributed by atoms with Gasteiger partial charge in [0, 0.05) is 0 Å². The molecule has 0 aliphatic rings. The molecule has 0 aromatic heterocycles. The molecule has 0 spiro atoms. The third kappa shape index (κ3) is 3.95. The van der Waals surface area contributed by atoms with E-state index in [1.54, 1.807) is 13.8 Å². The monoisotopic (exact) mass is 292 g/mol. The van der Waals surface area contributed by atoms with Crippen molar-refractivity contribution >= 4 is 22.6 Å². The van der Waals surface area contributed by atoms with Gasteiger partial charge in [0.1, 0.15) is 12.4 Å². The summed E-state index contributed by atoms with van der Waals surface area (Å²) in [6.07, 6.45) is 0. The molecule has 0 aliphatic heterocycles. The van der Waals surface area contributed by atoms with Gasteiger partial charge in [-0.3, -0.25) is 0 Å². The lowest BCUT2D eigenvalue weighted by Crippen LogP contribution is -2.28. The van der Waals surface area contributed by atoms with Crippen LogP contribution in [0.3, 0.4) is 0 Å². The molecule has 1 N–H and O–H groups in total. The fourth-order valence-corrected chi connectivity index (χ4v) is 1.36. The maximum atomic E-state index is 9.44. The number of ether oxygens (including phenoxy) is 1. The van der Waals surface area contributed by atoms with Gasteiger partial charge in [0.2, 0.25) is 0 Å². The van der Waals surface area contributed by atoms with Crippen molar-refractivity contribution in [1.29, 1.82) is 0 Å². The molecule has 0 atom stereocenters. The summed E-state index contributed by atoms with van der Waals surface area (Å²) in [5, 5.41) is 9.44. The second kappa shape index (κ2) is 4.28. The Morgan fingerprint density at radius 2 is 2.00 bits per heavy atom. The Labute approximate surface area is 92.1 Å². The molecule has 0 unspecified atom stereocenters. The van der Waals surface area contributed by atoms with E-state index in [-0.39, 0.29) is 0 Å². The Balaban J connectivity index is 2.60. The molecule has 72 valence electrons. The Bertz CT molecular complexity index is 278. The third-order valence-electron chi connectivity index (χ3n) is 1.42. The molecular formula is C10H13IO2. The Hall–Kier alpha value is -0.290. The van der Waals surface area contributed by atoms with E-state index in [4.69, 9.17) is 4.74 Å². The minimum absolute atomic E-state index is 0.313. The van der Waals surface area contributed by atoms with Crippen LogP contribution in [0.4, 0.5) is 0 Å². The smallest absolute Gasteiger partial charge is 0.132 e. The lowest BCUT2D eigenvalue weighted by Gasteiger charge is -2.18. The summed E-state index contributed by atoms with van der Waals surface area (Å²) in [6, 6.07) is 7.74. The second-order valence-corrected chi connectivity index (χ2v) is 4.69. The van der Waals surface area contributed by atoms with Crippen molar-refractivity contribution in [3.8, 4) is 5.75 Å². The molecule has 0 amide bonds. The number of aliphatic hydroxyl groups is 1. The minimum Gasteiger partial charge on any atom is -0.490 e. The zero-order chi connectivity index (χ0) is 9.90. The van der Waals surface area contributed by atoms with Gasteiger partial charge in [0.25, 0.3) is 0 Å². The Morgan fingerprint density at radius 3 is 2.54 bits per heavy atom. The SMILES string of the molecule is CC(C)(O)COc1ccccc1I. The average molecular weight is 292 g/mol. The van der Waals surface area contributed by atoms with Gasteiger partial charge in [-0.05, 0) is 48.6 Å². The highest BCUT2D eigenvalue weighted by Gasteiger charge is 2.13. The summed E-state index contributed by atoms with van der Waals surface area (Å²) in [5.41, 5.74) is -0.779. The summed E-state index contributed by atoms with van der Waals surface area (Å²) in [7, 11) is 0. The van der Waals surface area contributed by atoms with E-state index < -0.39 is 5.60 Å². The lowest BCUT2D eigenvalue weighted by atomic mass is 10.2. The van der Waals surface area contributed by atoms with Crippen molar-refractivity contribution in [2.24, 2.45) is 0 Å². The molecule has 1 rings (SSSR count). The topological polar surface area (TPSA) is 29.5 Å². The van der Waals surface area contributed by atoms with E-state index in [2.05, 4.69) is 22.6 Å².